The summed E-state index contributed by atoms with van der Waals surface area (Å²) in [6, 6.07) is 5.08. The molecule has 1 amide bonds. The van der Waals surface area contributed by atoms with E-state index in [2.05, 4.69) is 10.1 Å². The Hall–Kier alpha value is -2.30. The van der Waals surface area contributed by atoms with Crippen molar-refractivity contribution in [2.45, 2.75) is 13.3 Å². The zero-order valence-corrected chi connectivity index (χ0v) is 11.9. The second kappa shape index (κ2) is 7.99. The molecule has 20 heavy (non-hydrogen) atoms. The molecule has 1 aromatic rings. The van der Waals surface area contributed by atoms with Crippen molar-refractivity contribution in [1.29, 1.82) is 0 Å². The van der Waals surface area contributed by atoms with Gasteiger partial charge in [0.05, 0.1) is 19.8 Å². The lowest BCUT2D eigenvalue weighted by molar-refractivity contribution is -0.118. The van der Waals surface area contributed by atoms with Crippen LogP contribution in [-0.2, 0) is 9.53 Å². The quantitative estimate of drug-likeness (QED) is 0.638. The van der Waals surface area contributed by atoms with Crippen molar-refractivity contribution >= 4 is 18.0 Å². The standard InChI is InChI=1S/C15H19NO4/c1-11(17)16-9-5-4-6-12-10-13(15(18)20-3)7-8-14(12)19-2/h4,6-8,10H,5,9H2,1-3H3,(H,16,17). The molecule has 0 heterocycles. The molecule has 0 aliphatic carbocycles. The lowest BCUT2D eigenvalue weighted by Gasteiger charge is -2.07. The number of ether oxygens (including phenoxy) is 2. The second-order valence-corrected chi connectivity index (χ2v) is 4.12. The Morgan fingerprint density at radius 3 is 2.65 bits per heavy atom. The van der Waals surface area contributed by atoms with Gasteiger partial charge in [0.1, 0.15) is 5.75 Å². The summed E-state index contributed by atoms with van der Waals surface area (Å²) in [5, 5.41) is 2.70. The number of methoxy groups -OCH3 is 2. The molecule has 0 aliphatic rings. The van der Waals surface area contributed by atoms with Gasteiger partial charge in [0.25, 0.3) is 0 Å². The summed E-state index contributed by atoms with van der Waals surface area (Å²) in [5.41, 5.74) is 1.26. The van der Waals surface area contributed by atoms with Gasteiger partial charge in [-0.2, -0.15) is 0 Å². The normalized spacial score (nSPS) is 10.3. The maximum atomic E-state index is 11.5. The molecule has 0 saturated carbocycles. The van der Waals surface area contributed by atoms with Crippen LogP contribution in [0.3, 0.4) is 0 Å². The van der Waals surface area contributed by atoms with Gasteiger partial charge in [0.2, 0.25) is 5.91 Å². The van der Waals surface area contributed by atoms with Crippen LogP contribution >= 0.6 is 0 Å². The third-order valence-electron chi connectivity index (χ3n) is 2.63. The Labute approximate surface area is 118 Å². The van der Waals surface area contributed by atoms with Gasteiger partial charge in [0.15, 0.2) is 0 Å². The number of nitrogens with one attached hydrogen (secondary N) is 1. The van der Waals surface area contributed by atoms with Crippen molar-refractivity contribution in [1.82, 2.24) is 5.32 Å². The molecule has 5 heteroatoms. The number of rotatable bonds is 6. The predicted octanol–water partition coefficient (Wildman–Crippen LogP) is 2.02. The fraction of sp³-hybridized carbons (Fsp3) is 0.333. The Morgan fingerprint density at radius 2 is 2.05 bits per heavy atom. The fourth-order valence-corrected chi connectivity index (χ4v) is 1.65. The van der Waals surface area contributed by atoms with Crippen molar-refractivity contribution in [2.75, 3.05) is 20.8 Å². The summed E-state index contributed by atoms with van der Waals surface area (Å²) in [7, 11) is 2.91. The molecule has 0 radical (unpaired) electrons. The first kappa shape index (κ1) is 15.8. The van der Waals surface area contributed by atoms with Crippen LogP contribution < -0.4 is 10.1 Å². The van der Waals surface area contributed by atoms with E-state index in [1.807, 2.05) is 12.2 Å². The summed E-state index contributed by atoms with van der Waals surface area (Å²) in [6.07, 6.45) is 4.47. The largest absolute Gasteiger partial charge is 0.496 e. The molecule has 0 bridgehead atoms. The first-order chi connectivity index (χ1) is 9.58. The predicted molar refractivity (Wildman–Crippen MR) is 76.7 cm³/mol. The van der Waals surface area contributed by atoms with Crippen molar-refractivity contribution in [3.05, 3.63) is 35.4 Å². The summed E-state index contributed by atoms with van der Waals surface area (Å²) in [6.45, 7) is 2.05. The van der Waals surface area contributed by atoms with E-state index in [1.165, 1.54) is 14.0 Å². The van der Waals surface area contributed by atoms with E-state index in [-0.39, 0.29) is 11.9 Å². The summed E-state index contributed by atoms with van der Waals surface area (Å²) >= 11 is 0. The first-order valence-corrected chi connectivity index (χ1v) is 6.25. The summed E-state index contributed by atoms with van der Waals surface area (Å²) in [4.78, 5) is 22.2. The Kier molecular flexibility index (Phi) is 6.29. The minimum absolute atomic E-state index is 0.0522. The maximum absolute atomic E-state index is 11.5. The monoisotopic (exact) mass is 277 g/mol. The first-order valence-electron chi connectivity index (χ1n) is 6.25. The zero-order valence-electron chi connectivity index (χ0n) is 11.9. The second-order valence-electron chi connectivity index (χ2n) is 4.12. The Balaban J connectivity index is 2.78. The highest BCUT2D eigenvalue weighted by Gasteiger charge is 2.08. The minimum atomic E-state index is -0.388. The highest BCUT2D eigenvalue weighted by atomic mass is 16.5. The molecule has 1 aromatic carbocycles. The molecule has 0 saturated heterocycles. The molecule has 1 rings (SSSR count). The highest BCUT2D eigenvalue weighted by molar-refractivity contribution is 5.90. The molecule has 1 N–H and O–H groups in total. The van der Waals surface area contributed by atoms with Gasteiger partial charge in [0, 0.05) is 19.0 Å². The van der Waals surface area contributed by atoms with Crippen LogP contribution in [0, 0.1) is 0 Å². The van der Waals surface area contributed by atoms with E-state index in [0.717, 1.165) is 5.56 Å². The number of esters is 1. The van der Waals surface area contributed by atoms with E-state index >= 15 is 0 Å². The van der Waals surface area contributed by atoms with Crippen molar-refractivity contribution in [2.24, 2.45) is 0 Å². The number of carbonyl (C=O) groups excluding carboxylic acids is 2. The molecule has 108 valence electrons. The molecule has 0 aliphatic heterocycles. The molecular weight excluding hydrogens is 258 g/mol. The van der Waals surface area contributed by atoms with Crippen LogP contribution in [0.1, 0.15) is 29.3 Å². The lowest BCUT2D eigenvalue weighted by atomic mass is 10.1. The topological polar surface area (TPSA) is 64.6 Å². The van der Waals surface area contributed by atoms with Crippen LogP contribution in [-0.4, -0.2) is 32.6 Å². The van der Waals surface area contributed by atoms with Gasteiger partial charge in [-0.05, 0) is 24.6 Å². The van der Waals surface area contributed by atoms with E-state index < -0.39 is 0 Å². The molecule has 0 fully saturated rings. The van der Waals surface area contributed by atoms with Crippen LogP contribution in [0.4, 0.5) is 0 Å². The van der Waals surface area contributed by atoms with Gasteiger partial charge < -0.3 is 14.8 Å². The van der Waals surface area contributed by atoms with Crippen LogP contribution in [0.25, 0.3) is 6.08 Å². The van der Waals surface area contributed by atoms with Crippen LogP contribution in [0.5, 0.6) is 5.75 Å². The third kappa shape index (κ3) is 4.76. The number of benzene rings is 1. The average Bonchev–Trinajstić information content (AvgIpc) is 2.45. The van der Waals surface area contributed by atoms with E-state index in [4.69, 9.17) is 4.74 Å². The van der Waals surface area contributed by atoms with Gasteiger partial charge in [-0.25, -0.2) is 4.79 Å². The summed E-state index contributed by atoms with van der Waals surface area (Å²) < 4.78 is 9.92. The van der Waals surface area contributed by atoms with Crippen molar-refractivity contribution in [3.8, 4) is 5.75 Å². The average molecular weight is 277 g/mol. The molecule has 0 unspecified atom stereocenters. The van der Waals surface area contributed by atoms with Gasteiger partial charge in [-0.1, -0.05) is 12.2 Å². The van der Waals surface area contributed by atoms with Crippen LogP contribution in [0.15, 0.2) is 24.3 Å². The number of carbonyl (C=O) groups is 2. The number of hydrogen-bond donors (Lipinski definition) is 1. The van der Waals surface area contributed by atoms with E-state index in [1.54, 1.807) is 25.3 Å². The SMILES string of the molecule is COC(=O)c1ccc(OC)c(C=CCCNC(C)=O)c1. The molecular formula is C15H19NO4. The van der Waals surface area contributed by atoms with E-state index in [0.29, 0.717) is 24.3 Å². The molecule has 0 aromatic heterocycles. The van der Waals surface area contributed by atoms with Gasteiger partial charge in [-0.3, -0.25) is 4.79 Å². The Morgan fingerprint density at radius 1 is 1.30 bits per heavy atom. The van der Waals surface area contributed by atoms with Gasteiger partial charge >= 0.3 is 5.97 Å². The zero-order chi connectivity index (χ0) is 15.0. The minimum Gasteiger partial charge on any atom is -0.496 e. The molecule has 5 nitrogen and oxygen atoms in total. The fourth-order valence-electron chi connectivity index (χ4n) is 1.65. The molecule has 0 atom stereocenters. The summed E-state index contributed by atoms with van der Waals surface area (Å²) in [5.74, 6) is 0.234. The smallest absolute Gasteiger partial charge is 0.337 e. The maximum Gasteiger partial charge on any atom is 0.337 e. The van der Waals surface area contributed by atoms with Crippen molar-refractivity contribution < 1.29 is 19.1 Å². The number of amides is 1. The number of hydrogen-bond acceptors (Lipinski definition) is 4. The Bertz CT molecular complexity index is 509. The van der Waals surface area contributed by atoms with Gasteiger partial charge in [-0.15, -0.1) is 0 Å². The van der Waals surface area contributed by atoms with Crippen LogP contribution in [0.2, 0.25) is 0 Å². The van der Waals surface area contributed by atoms with Crippen molar-refractivity contribution in [3.63, 3.8) is 0 Å². The highest BCUT2D eigenvalue weighted by Crippen LogP contribution is 2.22. The molecule has 0 spiro atoms. The third-order valence-corrected chi connectivity index (χ3v) is 2.63. The van der Waals surface area contributed by atoms with E-state index in [9.17, 15) is 9.59 Å². The lowest BCUT2D eigenvalue weighted by Crippen LogP contribution is -2.20.